The van der Waals surface area contributed by atoms with Gasteiger partial charge in [-0.15, -0.1) is 0 Å². The van der Waals surface area contributed by atoms with E-state index in [2.05, 4.69) is 47.3 Å². The summed E-state index contributed by atoms with van der Waals surface area (Å²) >= 11 is 0. The highest BCUT2D eigenvalue weighted by Crippen LogP contribution is 2.38. The van der Waals surface area contributed by atoms with Crippen LogP contribution < -0.4 is 0 Å². The first-order valence-electron chi connectivity index (χ1n) is 8.93. The van der Waals surface area contributed by atoms with Crippen LogP contribution in [0.5, 0.6) is 0 Å². The van der Waals surface area contributed by atoms with Gasteiger partial charge in [0.1, 0.15) is 0 Å². The highest BCUT2D eigenvalue weighted by atomic mass is 16.2. The zero-order chi connectivity index (χ0) is 17.6. The molecule has 5 heteroatoms. The number of aromatic nitrogens is 1. The van der Waals surface area contributed by atoms with Crippen LogP contribution in [0.3, 0.4) is 0 Å². The second kappa shape index (κ2) is 5.96. The normalized spacial score (nSPS) is 21.5. The smallest absolute Gasteiger partial charge is 0.231 e. The summed E-state index contributed by atoms with van der Waals surface area (Å²) in [4.78, 5) is 16.5. The monoisotopic (exact) mass is 334 g/mol. The van der Waals surface area contributed by atoms with Crippen LogP contribution in [0.4, 0.5) is 0 Å². The first kappa shape index (κ1) is 15.8. The van der Waals surface area contributed by atoms with Crippen LogP contribution in [0.1, 0.15) is 19.4 Å². The molecule has 0 aliphatic carbocycles. The number of carbonyl (C=O) groups excluding carboxylic acids is 1. The summed E-state index contributed by atoms with van der Waals surface area (Å²) in [7, 11) is 0. The van der Waals surface area contributed by atoms with Gasteiger partial charge in [-0.05, 0) is 25.5 Å². The van der Waals surface area contributed by atoms with Gasteiger partial charge in [0.25, 0.3) is 0 Å². The molecule has 2 aliphatic rings. The fourth-order valence-electron chi connectivity index (χ4n) is 4.22. The highest BCUT2D eigenvalue weighted by Gasteiger charge is 2.37. The van der Waals surface area contributed by atoms with E-state index in [1.165, 1.54) is 10.9 Å². The summed E-state index contributed by atoms with van der Waals surface area (Å²) in [5, 5.41) is 10.9. The Kier molecular flexibility index (Phi) is 3.76. The molecule has 0 spiro atoms. The molecule has 1 unspecified atom stereocenters. The molecular weight excluding hydrogens is 312 g/mol. The summed E-state index contributed by atoms with van der Waals surface area (Å²) in [5.74, 6) is -0.146. The Labute approximate surface area is 147 Å². The number of benzene rings is 1. The van der Waals surface area contributed by atoms with Crippen molar-refractivity contribution in [3.05, 3.63) is 42.1 Å². The van der Waals surface area contributed by atoms with Crippen molar-refractivity contribution in [2.24, 2.45) is 5.92 Å². The standard InChI is InChI=1S/C20H22N4O/c1-3-22(4-2)20(25)15-10-17-16-7-5-6-14-8-9-23(19(14)16)12-18(17)24(11-15)13-21/h5-10,15,18H,3-4,11-12H2,1-2H3/t15?,18-/m1/s1. The van der Waals surface area contributed by atoms with Crippen molar-refractivity contribution in [3.63, 3.8) is 0 Å². The lowest BCUT2D eigenvalue weighted by Gasteiger charge is -2.40. The van der Waals surface area contributed by atoms with Crippen LogP contribution in [0.25, 0.3) is 16.5 Å². The summed E-state index contributed by atoms with van der Waals surface area (Å²) in [6.45, 7) is 6.61. The molecule has 1 aromatic heterocycles. The predicted octanol–water partition coefficient (Wildman–Crippen LogP) is 2.69. The minimum atomic E-state index is -0.262. The van der Waals surface area contributed by atoms with Crippen LogP contribution in [0.2, 0.25) is 0 Å². The van der Waals surface area contributed by atoms with E-state index in [1.54, 1.807) is 4.90 Å². The SMILES string of the molecule is CCN(CC)C(=O)C1C=C2c3cccc4ccn(c34)C[C@H]2N(C#N)C1. The van der Waals surface area contributed by atoms with Crippen LogP contribution in [0, 0.1) is 17.4 Å². The quantitative estimate of drug-likeness (QED) is 0.811. The molecule has 1 amide bonds. The van der Waals surface area contributed by atoms with Gasteiger partial charge in [0, 0.05) is 43.3 Å². The predicted molar refractivity (Wildman–Crippen MR) is 97.4 cm³/mol. The summed E-state index contributed by atoms with van der Waals surface area (Å²) in [6, 6.07) is 8.40. The first-order valence-corrected chi connectivity index (χ1v) is 8.93. The van der Waals surface area contributed by atoms with E-state index in [1.807, 2.05) is 18.7 Å². The Hall–Kier alpha value is -2.74. The lowest BCUT2D eigenvalue weighted by molar-refractivity contribution is -0.134. The average molecular weight is 334 g/mol. The van der Waals surface area contributed by atoms with Crippen molar-refractivity contribution in [3.8, 4) is 6.19 Å². The zero-order valence-corrected chi connectivity index (χ0v) is 14.6. The summed E-state index contributed by atoms with van der Waals surface area (Å²) < 4.78 is 2.23. The fourth-order valence-corrected chi connectivity index (χ4v) is 4.22. The molecule has 2 atom stereocenters. The maximum atomic E-state index is 12.9. The molecular formula is C20H22N4O. The third-order valence-corrected chi connectivity index (χ3v) is 5.50. The van der Waals surface area contributed by atoms with Gasteiger partial charge in [-0.2, -0.15) is 5.26 Å². The molecule has 1 aromatic carbocycles. The summed E-state index contributed by atoms with van der Waals surface area (Å²) in [6.07, 6.45) is 6.53. The average Bonchev–Trinajstić information content (AvgIpc) is 3.06. The van der Waals surface area contributed by atoms with Gasteiger partial charge in [0.05, 0.1) is 17.5 Å². The van der Waals surface area contributed by atoms with Crippen molar-refractivity contribution >= 4 is 22.4 Å². The van der Waals surface area contributed by atoms with Crippen LogP contribution >= 0.6 is 0 Å². The Balaban J connectivity index is 1.83. The number of carbonyl (C=O) groups is 1. The Morgan fingerprint density at radius 3 is 2.80 bits per heavy atom. The molecule has 128 valence electrons. The maximum absolute atomic E-state index is 12.9. The van der Waals surface area contributed by atoms with E-state index in [0.29, 0.717) is 19.6 Å². The van der Waals surface area contributed by atoms with Crippen molar-refractivity contribution in [2.45, 2.75) is 26.4 Å². The minimum absolute atomic E-state index is 0.0104. The minimum Gasteiger partial charge on any atom is -0.345 e. The topological polar surface area (TPSA) is 52.3 Å². The van der Waals surface area contributed by atoms with Crippen LogP contribution in [0.15, 0.2) is 36.5 Å². The lowest BCUT2D eigenvalue weighted by Crippen LogP contribution is -2.48. The van der Waals surface area contributed by atoms with Crippen molar-refractivity contribution in [1.82, 2.24) is 14.4 Å². The fraction of sp³-hybridized carbons (Fsp3) is 0.400. The van der Waals surface area contributed by atoms with E-state index >= 15 is 0 Å². The molecule has 2 aliphatic heterocycles. The lowest BCUT2D eigenvalue weighted by atomic mass is 9.85. The molecule has 0 fully saturated rings. The third-order valence-electron chi connectivity index (χ3n) is 5.50. The Morgan fingerprint density at radius 2 is 2.08 bits per heavy atom. The van der Waals surface area contributed by atoms with Crippen molar-refractivity contribution in [2.75, 3.05) is 19.6 Å². The number of rotatable bonds is 3. The molecule has 0 radical (unpaired) electrons. The van der Waals surface area contributed by atoms with Crippen molar-refractivity contribution in [1.29, 1.82) is 5.26 Å². The van der Waals surface area contributed by atoms with Crippen LogP contribution in [-0.4, -0.2) is 46.0 Å². The zero-order valence-electron chi connectivity index (χ0n) is 14.6. The van der Waals surface area contributed by atoms with Gasteiger partial charge in [-0.25, -0.2) is 0 Å². The number of para-hydroxylation sites is 1. The van der Waals surface area contributed by atoms with Gasteiger partial charge in [0.15, 0.2) is 6.19 Å². The number of nitrogens with zero attached hydrogens (tertiary/aromatic N) is 4. The third kappa shape index (κ3) is 2.32. The maximum Gasteiger partial charge on any atom is 0.231 e. The highest BCUT2D eigenvalue weighted by molar-refractivity contribution is 5.96. The molecule has 0 bridgehead atoms. The molecule has 0 saturated heterocycles. The van der Waals surface area contributed by atoms with E-state index in [0.717, 1.165) is 17.7 Å². The Morgan fingerprint density at radius 1 is 1.28 bits per heavy atom. The molecule has 5 nitrogen and oxygen atoms in total. The van der Waals surface area contributed by atoms with Gasteiger partial charge in [-0.1, -0.05) is 24.3 Å². The van der Waals surface area contributed by atoms with Gasteiger partial charge >= 0.3 is 0 Å². The van der Waals surface area contributed by atoms with Crippen molar-refractivity contribution < 1.29 is 4.79 Å². The van der Waals surface area contributed by atoms with E-state index in [9.17, 15) is 10.1 Å². The molecule has 4 rings (SSSR count). The number of amides is 1. The van der Waals surface area contributed by atoms with E-state index in [-0.39, 0.29) is 17.9 Å². The largest absolute Gasteiger partial charge is 0.345 e. The second-order valence-electron chi connectivity index (χ2n) is 6.72. The number of fused-ring (bicyclic) bond motifs is 2. The molecule has 0 saturated carbocycles. The summed E-state index contributed by atoms with van der Waals surface area (Å²) in [5.41, 5.74) is 3.48. The van der Waals surface area contributed by atoms with Gasteiger partial charge < -0.3 is 14.4 Å². The second-order valence-corrected chi connectivity index (χ2v) is 6.72. The Bertz CT molecular complexity index is 900. The molecule has 3 heterocycles. The van der Waals surface area contributed by atoms with E-state index < -0.39 is 0 Å². The number of hydrogen-bond acceptors (Lipinski definition) is 3. The molecule has 25 heavy (non-hydrogen) atoms. The molecule has 0 N–H and O–H groups in total. The number of nitriles is 1. The molecule has 2 aromatic rings. The van der Waals surface area contributed by atoms with Gasteiger partial charge in [0.2, 0.25) is 5.91 Å². The van der Waals surface area contributed by atoms with Gasteiger partial charge in [-0.3, -0.25) is 4.79 Å². The first-order chi connectivity index (χ1) is 12.2. The van der Waals surface area contributed by atoms with E-state index in [4.69, 9.17) is 0 Å². The van der Waals surface area contributed by atoms with Crippen LogP contribution in [-0.2, 0) is 11.3 Å². The number of hydrogen-bond donors (Lipinski definition) is 0.